The SMILES string of the molecule is CN(C)C(=N)CC(N)=S. The molecule has 0 aliphatic rings. The average Bonchev–Trinajstić information content (AvgIpc) is 1.63. The standard InChI is InChI=1S/C5H11N3S/c1-8(2)4(6)3-5(7)9/h6H,3H2,1-2H3,(H2,7,9). The van der Waals surface area contributed by atoms with Crippen molar-refractivity contribution in [2.75, 3.05) is 14.1 Å². The first-order valence-electron chi connectivity index (χ1n) is 2.57. The second-order valence-electron chi connectivity index (χ2n) is 1.98. The summed E-state index contributed by atoms with van der Waals surface area (Å²) >= 11 is 4.60. The predicted molar refractivity (Wildman–Crippen MR) is 42.8 cm³/mol. The van der Waals surface area contributed by atoms with Gasteiger partial charge < -0.3 is 10.6 Å². The first-order chi connectivity index (χ1) is 4.04. The fourth-order valence-corrected chi connectivity index (χ4v) is 0.460. The van der Waals surface area contributed by atoms with Crippen molar-refractivity contribution >= 4 is 23.0 Å². The van der Waals surface area contributed by atoms with E-state index in [1.165, 1.54) is 0 Å². The molecule has 0 aromatic rings. The Bertz CT molecular complexity index is 130. The van der Waals surface area contributed by atoms with Gasteiger partial charge in [-0.15, -0.1) is 0 Å². The summed E-state index contributed by atoms with van der Waals surface area (Å²) in [7, 11) is 3.58. The molecule has 0 unspecified atom stereocenters. The summed E-state index contributed by atoms with van der Waals surface area (Å²) in [4.78, 5) is 2.05. The molecule has 0 aromatic heterocycles. The van der Waals surface area contributed by atoms with Gasteiger partial charge in [-0.3, -0.25) is 5.41 Å². The molecule has 0 saturated carbocycles. The van der Waals surface area contributed by atoms with E-state index in [-0.39, 0.29) is 0 Å². The number of hydrogen-bond acceptors (Lipinski definition) is 2. The summed E-state index contributed by atoms with van der Waals surface area (Å²) in [5.74, 6) is 0.447. The smallest absolute Gasteiger partial charge is 0.102 e. The third-order valence-electron chi connectivity index (χ3n) is 0.882. The number of amidine groups is 1. The molecule has 0 atom stereocenters. The Morgan fingerprint density at radius 1 is 1.67 bits per heavy atom. The lowest BCUT2D eigenvalue weighted by Crippen LogP contribution is -2.25. The molecule has 0 fully saturated rings. The quantitative estimate of drug-likeness (QED) is 0.331. The van der Waals surface area contributed by atoms with Gasteiger partial charge in [-0.2, -0.15) is 0 Å². The van der Waals surface area contributed by atoms with Crippen LogP contribution in [0.25, 0.3) is 0 Å². The van der Waals surface area contributed by atoms with Crippen LogP contribution in [0.1, 0.15) is 6.42 Å². The third-order valence-corrected chi connectivity index (χ3v) is 1.03. The van der Waals surface area contributed by atoms with Crippen molar-refractivity contribution in [3.63, 3.8) is 0 Å². The van der Waals surface area contributed by atoms with E-state index in [4.69, 9.17) is 11.1 Å². The van der Waals surface area contributed by atoms with E-state index < -0.39 is 0 Å². The van der Waals surface area contributed by atoms with Gasteiger partial charge in [-0.05, 0) is 0 Å². The van der Waals surface area contributed by atoms with Crippen LogP contribution >= 0.6 is 12.2 Å². The number of nitrogens with one attached hydrogen (secondary N) is 1. The van der Waals surface area contributed by atoms with Crippen LogP contribution in [0.3, 0.4) is 0 Å². The highest BCUT2D eigenvalue weighted by Gasteiger charge is 1.98. The van der Waals surface area contributed by atoms with Gasteiger partial charge in [0.15, 0.2) is 0 Å². The zero-order valence-corrected chi connectivity index (χ0v) is 6.46. The Balaban J connectivity index is 3.64. The molecule has 0 spiro atoms. The molecule has 0 amide bonds. The fraction of sp³-hybridized carbons (Fsp3) is 0.600. The van der Waals surface area contributed by atoms with Crippen molar-refractivity contribution in [2.45, 2.75) is 6.42 Å². The summed E-state index contributed by atoms with van der Waals surface area (Å²) in [6, 6.07) is 0. The highest BCUT2D eigenvalue weighted by molar-refractivity contribution is 7.80. The second kappa shape index (κ2) is 3.40. The number of hydrogen-bond donors (Lipinski definition) is 2. The van der Waals surface area contributed by atoms with Gasteiger partial charge >= 0.3 is 0 Å². The summed E-state index contributed by atoms with van der Waals surface area (Å²) in [6.45, 7) is 0. The van der Waals surface area contributed by atoms with Crippen molar-refractivity contribution in [3.05, 3.63) is 0 Å². The lowest BCUT2D eigenvalue weighted by atomic mass is 10.4. The molecule has 52 valence electrons. The zero-order chi connectivity index (χ0) is 7.44. The van der Waals surface area contributed by atoms with E-state index in [9.17, 15) is 0 Å². The normalized spacial score (nSPS) is 8.67. The maximum atomic E-state index is 7.23. The third kappa shape index (κ3) is 3.90. The van der Waals surface area contributed by atoms with Crippen molar-refractivity contribution in [3.8, 4) is 0 Å². The van der Waals surface area contributed by atoms with Crippen LogP contribution in [0, 0.1) is 5.41 Å². The van der Waals surface area contributed by atoms with Crippen molar-refractivity contribution in [1.29, 1.82) is 5.41 Å². The number of thiocarbonyl (C=S) groups is 1. The van der Waals surface area contributed by atoms with E-state index in [0.29, 0.717) is 17.2 Å². The van der Waals surface area contributed by atoms with Crippen molar-refractivity contribution in [2.24, 2.45) is 5.73 Å². The maximum Gasteiger partial charge on any atom is 0.102 e. The van der Waals surface area contributed by atoms with Gasteiger partial charge in [0.05, 0.1) is 11.4 Å². The topological polar surface area (TPSA) is 53.1 Å². The van der Waals surface area contributed by atoms with Gasteiger partial charge in [-0.1, -0.05) is 12.2 Å². The molecular weight excluding hydrogens is 134 g/mol. The Kier molecular flexibility index (Phi) is 3.16. The van der Waals surface area contributed by atoms with Crippen LogP contribution in [0.2, 0.25) is 0 Å². The molecule has 4 heteroatoms. The molecule has 0 aromatic carbocycles. The Hall–Kier alpha value is -0.640. The van der Waals surface area contributed by atoms with Crippen molar-refractivity contribution in [1.82, 2.24) is 4.90 Å². The number of nitrogens with zero attached hydrogens (tertiary/aromatic N) is 1. The average molecular weight is 145 g/mol. The van der Waals surface area contributed by atoms with Crippen molar-refractivity contribution < 1.29 is 0 Å². The summed E-state index contributed by atoms with van der Waals surface area (Å²) < 4.78 is 0. The molecule has 0 saturated heterocycles. The molecule has 0 rings (SSSR count). The molecular formula is C5H11N3S. The maximum absolute atomic E-state index is 7.23. The molecule has 3 nitrogen and oxygen atoms in total. The van der Waals surface area contributed by atoms with Crippen LogP contribution in [-0.4, -0.2) is 29.8 Å². The van der Waals surface area contributed by atoms with Gasteiger partial charge in [0, 0.05) is 14.1 Å². The molecule has 0 heterocycles. The first-order valence-corrected chi connectivity index (χ1v) is 2.98. The van der Waals surface area contributed by atoms with Gasteiger partial charge in [0.2, 0.25) is 0 Å². The van der Waals surface area contributed by atoms with Crippen LogP contribution < -0.4 is 5.73 Å². The van der Waals surface area contributed by atoms with Crippen LogP contribution in [-0.2, 0) is 0 Å². The summed E-state index contributed by atoms with van der Waals surface area (Å²) in [5.41, 5.74) is 5.20. The Morgan fingerprint density at radius 3 is 2.22 bits per heavy atom. The molecule has 0 radical (unpaired) electrons. The second-order valence-corrected chi connectivity index (χ2v) is 2.51. The highest BCUT2D eigenvalue weighted by atomic mass is 32.1. The highest BCUT2D eigenvalue weighted by Crippen LogP contribution is 1.86. The van der Waals surface area contributed by atoms with Gasteiger partial charge in [0.1, 0.15) is 5.84 Å². The van der Waals surface area contributed by atoms with Gasteiger partial charge in [-0.25, -0.2) is 0 Å². The van der Waals surface area contributed by atoms with E-state index in [2.05, 4.69) is 12.2 Å². The van der Waals surface area contributed by atoms with Crippen LogP contribution in [0.4, 0.5) is 0 Å². The van der Waals surface area contributed by atoms with Crippen LogP contribution in [0.15, 0.2) is 0 Å². The number of rotatable bonds is 2. The Labute approximate surface area is 60.3 Å². The lowest BCUT2D eigenvalue weighted by Gasteiger charge is -2.11. The zero-order valence-electron chi connectivity index (χ0n) is 5.64. The van der Waals surface area contributed by atoms with Gasteiger partial charge in [0.25, 0.3) is 0 Å². The lowest BCUT2D eigenvalue weighted by molar-refractivity contribution is 0.609. The number of nitrogens with two attached hydrogens (primary N) is 1. The fourth-order valence-electron chi connectivity index (χ4n) is 0.323. The first kappa shape index (κ1) is 8.36. The molecule has 0 aliphatic carbocycles. The summed E-state index contributed by atoms with van der Waals surface area (Å²) in [6.07, 6.45) is 0.391. The van der Waals surface area contributed by atoms with E-state index in [1.807, 2.05) is 0 Å². The minimum absolute atomic E-state index is 0.369. The minimum atomic E-state index is 0.369. The molecule has 0 bridgehead atoms. The minimum Gasteiger partial charge on any atom is -0.393 e. The Morgan fingerprint density at radius 2 is 2.11 bits per heavy atom. The molecule has 0 aliphatic heterocycles. The predicted octanol–water partition coefficient (Wildman–Crippen LogP) is 0.201. The van der Waals surface area contributed by atoms with E-state index in [0.717, 1.165) is 0 Å². The van der Waals surface area contributed by atoms with Crippen LogP contribution in [0.5, 0.6) is 0 Å². The monoisotopic (exact) mass is 145 g/mol. The largest absolute Gasteiger partial charge is 0.393 e. The van der Waals surface area contributed by atoms with E-state index >= 15 is 0 Å². The molecule has 3 N–H and O–H groups in total. The van der Waals surface area contributed by atoms with E-state index in [1.54, 1.807) is 19.0 Å². The summed E-state index contributed by atoms with van der Waals surface area (Å²) in [5, 5.41) is 7.23. The molecule has 9 heavy (non-hydrogen) atoms.